The van der Waals surface area contributed by atoms with E-state index in [9.17, 15) is 29.5 Å². The third-order valence-corrected chi connectivity index (χ3v) is 14.6. The van der Waals surface area contributed by atoms with E-state index in [-0.39, 0.29) is 49.7 Å². The quantitative estimate of drug-likeness (QED) is 0.0493. The Morgan fingerprint density at radius 2 is 1.71 bits per heavy atom. The number of β-amino-alcohol motifs (C(OH)–C–C–N with tert-alkyl or cyclic N) is 1. The van der Waals surface area contributed by atoms with E-state index >= 15 is 4.39 Å². The standard InChI is InChI=1S/C52H66ClFN8O7S/c1-30(32-13-15-33(16-14-32)43-31(2)57-29-70-43)58-45(65)37-26-62(27-41(37)63)46(66)44(50(3,4)5)60-42(64)28-68-22-12-10-11-21-56-40-20-18-35(23-39(40)54)59-49(67)61-47-51(6,7)48(52(47,8)9)69-36-19-17-34(25-55)38(53)24-36/h13-20,23-24,29-30,37,41,44,47-48,56,63H,10-12,21-22,26-28H2,1-9H3,(H,58,65)(H,60,64)(H2,59,61,67)/t30-,37-,41-,44+,47?,48?/m0/s1. The number of nitrogens with one attached hydrogen (secondary N) is 5. The van der Waals surface area contributed by atoms with E-state index in [1.54, 1.807) is 41.7 Å². The van der Waals surface area contributed by atoms with Gasteiger partial charge < -0.3 is 46.1 Å². The Labute approximate surface area is 419 Å². The molecule has 1 aliphatic carbocycles. The summed E-state index contributed by atoms with van der Waals surface area (Å²) >= 11 is 7.78. The molecule has 0 spiro atoms. The van der Waals surface area contributed by atoms with Crippen molar-refractivity contribution < 1.29 is 38.1 Å². The normalized spacial score (nSPS) is 20.0. The molecule has 1 saturated heterocycles. The first-order valence-electron chi connectivity index (χ1n) is 23.6. The largest absolute Gasteiger partial charge is 0.489 e. The van der Waals surface area contributed by atoms with E-state index in [1.165, 1.54) is 11.0 Å². The number of ether oxygens (including phenoxy) is 2. The molecule has 6 N–H and O–H groups in total. The first kappa shape index (κ1) is 53.5. The number of thiazole rings is 1. The number of aryl methyl sites for hydroxylation is 1. The van der Waals surface area contributed by atoms with E-state index in [1.807, 2.05) is 98.2 Å². The Kier molecular flexibility index (Phi) is 17.2. The molecule has 0 unspecified atom stereocenters. The monoisotopic (exact) mass is 1000 g/mol. The Morgan fingerprint density at radius 1 is 1.00 bits per heavy atom. The molecule has 6 rings (SSSR count). The van der Waals surface area contributed by atoms with Crippen LogP contribution in [0.3, 0.4) is 0 Å². The third kappa shape index (κ3) is 12.7. The van der Waals surface area contributed by atoms with Gasteiger partial charge in [0.1, 0.15) is 36.4 Å². The highest BCUT2D eigenvalue weighted by molar-refractivity contribution is 7.13. The smallest absolute Gasteiger partial charge is 0.319 e. The first-order valence-corrected chi connectivity index (χ1v) is 24.9. The average molecular weight is 1000 g/mol. The Balaban J connectivity index is 0.866. The number of hydrogen-bond acceptors (Lipinski definition) is 11. The SMILES string of the molecule is Cc1ncsc1-c1ccc([C@H](C)NC(=O)[C@H]2CN(C(=O)[C@@H](NC(=O)COCCCCCNc3ccc(NC(=O)NC4C(C)(C)C(Oc5ccc(C#N)c(Cl)c5)C4(C)C)cc3F)C(C)(C)C)C[C@@H]2O)cc1. The molecule has 3 aromatic carbocycles. The first-order chi connectivity index (χ1) is 33.0. The van der Waals surface area contributed by atoms with E-state index in [0.717, 1.165) is 28.1 Å². The number of halogens is 2. The van der Waals surface area contributed by atoms with Gasteiger partial charge in [0.15, 0.2) is 0 Å². The molecule has 1 saturated carbocycles. The number of aliphatic hydroxyl groups excluding tert-OH is 1. The second-order valence-electron chi connectivity index (χ2n) is 20.6. The lowest BCUT2D eigenvalue weighted by Gasteiger charge is -2.63. The van der Waals surface area contributed by atoms with Crippen molar-refractivity contribution in [2.75, 3.05) is 43.5 Å². The molecule has 376 valence electrons. The van der Waals surface area contributed by atoms with Crippen LogP contribution >= 0.6 is 22.9 Å². The number of rotatable bonds is 19. The summed E-state index contributed by atoms with van der Waals surface area (Å²) in [5.74, 6) is -2.02. The van der Waals surface area contributed by atoms with Crippen molar-refractivity contribution in [2.24, 2.45) is 22.2 Å². The fraction of sp³-hybridized carbons (Fsp3) is 0.500. The zero-order valence-corrected chi connectivity index (χ0v) is 42.9. The van der Waals surface area contributed by atoms with Gasteiger partial charge in [-0.3, -0.25) is 14.4 Å². The molecular formula is C52H66ClFN8O7S. The van der Waals surface area contributed by atoms with Gasteiger partial charge in [-0.1, -0.05) is 84.3 Å². The number of aromatic nitrogens is 1. The van der Waals surface area contributed by atoms with Crippen LogP contribution in [0, 0.1) is 46.2 Å². The van der Waals surface area contributed by atoms with Crippen LogP contribution in [0.15, 0.2) is 66.2 Å². The summed E-state index contributed by atoms with van der Waals surface area (Å²) in [5, 5.41) is 35.1. The topological polar surface area (TPSA) is 207 Å². The van der Waals surface area contributed by atoms with Gasteiger partial charge in [-0.25, -0.2) is 14.2 Å². The van der Waals surface area contributed by atoms with Crippen molar-refractivity contribution in [1.29, 1.82) is 5.26 Å². The Hall–Kier alpha value is -5.80. The second-order valence-corrected chi connectivity index (χ2v) is 21.8. The van der Waals surface area contributed by atoms with Crippen LogP contribution in [0.1, 0.15) is 97.5 Å². The summed E-state index contributed by atoms with van der Waals surface area (Å²) in [6.07, 6.45) is 0.751. The lowest BCUT2D eigenvalue weighted by atomic mass is 9.49. The number of aliphatic hydroxyl groups is 1. The van der Waals surface area contributed by atoms with E-state index < -0.39 is 52.1 Å². The minimum atomic E-state index is -1.06. The fourth-order valence-corrected chi connectivity index (χ4v) is 10.7. The highest BCUT2D eigenvalue weighted by Crippen LogP contribution is 2.55. The van der Waals surface area contributed by atoms with Crippen LogP contribution in [-0.2, 0) is 19.1 Å². The number of likely N-dealkylation sites (tertiary alicyclic amines) is 1. The fourth-order valence-electron chi connectivity index (χ4n) is 9.69. The summed E-state index contributed by atoms with van der Waals surface area (Å²) in [7, 11) is 0. The molecule has 5 amide bonds. The van der Waals surface area contributed by atoms with Crippen LogP contribution in [0.4, 0.5) is 20.6 Å². The van der Waals surface area contributed by atoms with Crippen molar-refractivity contribution in [3.8, 4) is 22.3 Å². The molecule has 2 heterocycles. The van der Waals surface area contributed by atoms with Gasteiger partial charge in [0.2, 0.25) is 17.7 Å². The summed E-state index contributed by atoms with van der Waals surface area (Å²) < 4.78 is 27.0. The number of amides is 5. The van der Waals surface area contributed by atoms with Gasteiger partial charge in [-0.2, -0.15) is 5.26 Å². The minimum absolute atomic E-state index is 0.0149. The van der Waals surface area contributed by atoms with Gasteiger partial charge in [0.25, 0.3) is 0 Å². The summed E-state index contributed by atoms with van der Waals surface area (Å²) in [4.78, 5) is 60.2. The number of urea groups is 1. The molecule has 2 aliphatic rings. The van der Waals surface area contributed by atoms with Crippen LogP contribution in [0.2, 0.25) is 5.02 Å². The number of hydrogen-bond donors (Lipinski definition) is 6. The molecule has 18 heteroatoms. The summed E-state index contributed by atoms with van der Waals surface area (Å²) in [6.45, 7) is 17.9. The Bertz CT molecular complexity index is 2540. The lowest BCUT2D eigenvalue weighted by molar-refractivity contribution is -0.163. The summed E-state index contributed by atoms with van der Waals surface area (Å²) in [6, 6.07) is 17.3. The molecule has 4 atom stereocenters. The van der Waals surface area contributed by atoms with Gasteiger partial charge in [0.05, 0.1) is 50.4 Å². The molecular weight excluding hydrogens is 935 g/mol. The highest BCUT2D eigenvalue weighted by atomic mass is 35.5. The van der Waals surface area contributed by atoms with Gasteiger partial charge >= 0.3 is 6.03 Å². The van der Waals surface area contributed by atoms with Gasteiger partial charge in [-0.05, 0) is 80.0 Å². The number of nitriles is 1. The Morgan fingerprint density at radius 3 is 2.34 bits per heavy atom. The number of carbonyl (C=O) groups is 4. The van der Waals surface area contributed by atoms with E-state index in [0.29, 0.717) is 53.7 Å². The molecule has 2 fully saturated rings. The highest BCUT2D eigenvalue weighted by Gasteiger charge is 2.64. The van der Waals surface area contributed by atoms with Crippen LogP contribution in [0.25, 0.3) is 10.4 Å². The van der Waals surface area contributed by atoms with Crippen LogP contribution in [0.5, 0.6) is 5.75 Å². The van der Waals surface area contributed by atoms with Crippen LogP contribution < -0.4 is 31.3 Å². The molecule has 1 aliphatic heterocycles. The van der Waals surface area contributed by atoms with Crippen molar-refractivity contribution in [3.05, 3.63) is 93.8 Å². The average Bonchev–Trinajstić information content (AvgIpc) is 3.92. The van der Waals surface area contributed by atoms with Gasteiger partial charge in [-0.15, -0.1) is 11.3 Å². The van der Waals surface area contributed by atoms with Crippen molar-refractivity contribution >= 4 is 58.1 Å². The predicted octanol–water partition coefficient (Wildman–Crippen LogP) is 8.61. The van der Waals surface area contributed by atoms with Gasteiger partial charge in [0, 0.05) is 54.9 Å². The maximum Gasteiger partial charge on any atom is 0.319 e. The molecule has 1 aromatic heterocycles. The minimum Gasteiger partial charge on any atom is -0.489 e. The van der Waals surface area contributed by atoms with E-state index in [2.05, 4.69) is 31.6 Å². The number of nitrogens with zero attached hydrogens (tertiary/aromatic N) is 3. The molecule has 0 radical (unpaired) electrons. The number of benzene rings is 3. The number of anilines is 2. The maximum atomic E-state index is 15.1. The van der Waals surface area contributed by atoms with Crippen molar-refractivity contribution in [2.45, 2.75) is 112 Å². The molecule has 70 heavy (non-hydrogen) atoms. The molecule has 0 bridgehead atoms. The van der Waals surface area contributed by atoms with Crippen LogP contribution in [-0.4, -0.2) is 95.9 Å². The summed E-state index contributed by atoms with van der Waals surface area (Å²) in [5.41, 5.74) is 4.06. The van der Waals surface area contributed by atoms with Crippen molar-refractivity contribution in [3.63, 3.8) is 0 Å². The third-order valence-electron chi connectivity index (χ3n) is 13.3. The predicted molar refractivity (Wildman–Crippen MR) is 270 cm³/mol. The second kappa shape index (κ2) is 22.5. The molecule has 15 nitrogen and oxygen atoms in total. The molecule has 4 aromatic rings. The van der Waals surface area contributed by atoms with Crippen molar-refractivity contribution in [1.82, 2.24) is 25.8 Å². The van der Waals surface area contributed by atoms with E-state index in [4.69, 9.17) is 21.1 Å². The zero-order chi connectivity index (χ0) is 51.1. The lowest BCUT2D eigenvalue weighted by Crippen LogP contribution is -2.75. The maximum absolute atomic E-state index is 15.1. The number of unbranched alkanes of at least 4 members (excludes halogenated alkanes) is 2. The number of carbonyl (C=O) groups excluding carboxylic acids is 4. The zero-order valence-electron chi connectivity index (χ0n) is 41.4.